The summed E-state index contributed by atoms with van der Waals surface area (Å²) in [6.45, 7) is 4.04. The first-order chi connectivity index (χ1) is 10.1. The summed E-state index contributed by atoms with van der Waals surface area (Å²) >= 11 is 0. The Bertz CT molecular complexity index is 529. The van der Waals surface area contributed by atoms with Gasteiger partial charge in [0.25, 0.3) is 11.6 Å². The lowest BCUT2D eigenvalue weighted by molar-refractivity contribution is -0.385. The molecule has 0 saturated carbocycles. The van der Waals surface area contributed by atoms with Gasteiger partial charge in [-0.1, -0.05) is 6.42 Å². The lowest BCUT2D eigenvalue weighted by atomic mass is 10.1. The van der Waals surface area contributed by atoms with Crippen LogP contribution in [-0.4, -0.2) is 40.5 Å². The van der Waals surface area contributed by atoms with Gasteiger partial charge in [-0.15, -0.1) is 0 Å². The molecule has 1 amide bonds. The van der Waals surface area contributed by atoms with Gasteiger partial charge in [0.15, 0.2) is 0 Å². The molecule has 0 bridgehead atoms. The third-order valence-electron chi connectivity index (χ3n) is 3.29. The van der Waals surface area contributed by atoms with Gasteiger partial charge in [-0.05, 0) is 19.8 Å². The van der Waals surface area contributed by atoms with Crippen LogP contribution in [0.2, 0.25) is 0 Å². The van der Waals surface area contributed by atoms with E-state index in [1.807, 2.05) is 11.9 Å². The van der Waals surface area contributed by atoms with E-state index in [0.717, 1.165) is 38.5 Å². The monoisotopic (exact) mass is 293 g/mol. The van der Waals surface area contributed by atoms with Gasteiger partial charge >= 0.3 is 0 Å². The fourth-order valence-corrected chi connectivity index (χ4v) is 2.24. The number of amides is 1. The molecular weight excluding hydrogens is 274 g/mol. The first-order valence-corrected chi connectivity index (χ1v) is 7.06. The standard InChI is InChI=1S/C13H19N5O3/c1-2-14-12-11(8-10(9-15-12)18(20)21)13(19)16-17-6-4-3-5-7-17/h8-9H,2-7H2,1H3,(H,14,15)(H,16,19). The maximum absolute atomic E-state index is 12.3. The number of hydrazine groups is 1. The first-order valence-electron chi connectivity index (χ1n) is 7.06. The maximum atomic E-state index is 12.3. The zero-order valence-electron chi connectivity index (χ0n) is 12.0. The van der Waals surface area contributed by atoms with E-state index in [2.05, 4.69) is 15.7 Å². The highest BCUT2D eigenvalue weighted by Crippen LogP contribution is 2.19. The third-order valence-corrected chi connectivity index (χ3v) is 3.29. The van der Waals surface area contributed by atoms with Crippen molar-refractivity contribution in [2.75, 3.05) is 25.0 Å². The summed E-state index contributed by atoms with van der Waals surface area (Å²) in [7, 11) is 0. The van der Waals surface area contributed by atoms with Gasteiger partial charge in [-0.25, -0.2) is 9.99 Å². The molecule has 1 aromatic heterocycles. The zero-order valence-corrected chi connectivity index (χ0v) is 12.0. The van der Waals surface area contributed by atoms with Crippen LogP contribution in [0.1, 0.15) is 36.5 Å². The molecule has 21 heavy (non-hydrogen) atoms. The molecule has 2 N–H and O–H groups in total. The van der Waals surface area contributed by atoms with E-state index in [1.165, 1.54) is 6.07 Å². The number of anilines is 1. The van der Waals surface area contributed by atoms with Crippen LogP contribution in [0.5, 0.6) is 0 Å². The molecule has 0 radical (unpaired) electrons. The SMILES string of the molecule is CCNc1ncc([N+](=O)[O-])cc1C(=O)NN1CCCCC1. The number of carbonyl (C=O) groups is 1. The Morgan fingerprint density at radius 1 is 1.43 bits per heavy atom. The molecule has 0 aliphatic carbocycles. The molecule has 1 aliphatic rings. The molecule has 1 fully saturated rings. The number of nitrogens with one attached hydrogen (secondary N) is 2. The van der Waals surface area contributed by atoms with E-state index < -0.39 is 4.92 Å². The molecule has 1 aromatic rings. The number of rotatable bonds is 5. The molecule has 0 aromatic carbocycles. The minimum atomic E-state index is -0.555. The van der Waals surface area contributed by atoms with Crippen LogP contribution in [0.25, 0.3) is 0 Å². The van der Waals surface area contributed by atoms with E-state index in [4.69, 9.17) is 0 Å². The fourth-order valence-electron chi connectivity index (χ4n) is 2.24. The highest BCUT2D eigenvalue weighted by Gasteiger charge is 2.20. The molecule has 0 spiro atoms. The third kappa shape index (κ3) is 3.88. The van der Waals surface area contributed by atoms with Crippen molar-refractivity contribution in [1.82, 2.24) is 15.4 Å². The van der Waals surface area contributed by atoms with Crippen molar-refractivity contribution < 1.29 is 9.72 Å². The summed E-state index contributed by atoms with van der Waals surface area (Å²) < 4.78 is 0. The van der Waals surface area contributed by atoms with Gasteiger partial charge in [-0.2, -0.15) is 0 Å². The molecule has 2 rings (SSSR count). The van der Waals surface area contributed by atoms with Crippen LogP contribution in [-0.2, 0) is 0 Å². The number of piperidine rings is 1. The van der Waals surface area contributed by atoms with Crippen molar-refractivity contribution in [1.29, 1.82) is 0 Å². The molecule has 0 unspecified atom stereocenters. The van der Waals surface area contributed by atoms with E-state index in [1.54, 1.807) is 0 Å². The lowest BCUT2D eigenvalue weighted by Gasteiger charge is -2.27. The predicted molar refractivity (Wildman–Crippen MR) is 77.9 cm³/mol. The van der Waals surface area contributed by atoms with Crippen LogP contribution in [0, 0.1) is 10.1 Å². The Balaban J connectivity index is 2.19. The number of hydrogen-bond donors (Lipinski definition) is 2. The van der Waals surface area contributed by atoms with Gasteiger partial charge in [-0.3, -0.25) is 20.3 Å². The van der Waals surface area contributed by atoms with Crippen LogP contribution in [0.3, 0.4) is 0 Å². The first kappa shape index (κ1) is 15.2. The largest absolute Gasteiger partial charge is 0.370 e. The predicted octanol–water partition coefficient (Wildman–Crippen LogP) is 1.55. The minimum Gasteiger partial charge on any atom is -0.370 e. The van der Waals surface area contributed by atoms with Crippen LogP contribution in [0.4, 0.5) is 11.5 Å². The van der Waals surface area contributed by atoms with Crippen molar-refractivity contribution in [3.05, 3.63) is 27.9 Å². The van der Waals surface area contributed by atoms with Crippen molar-refractivity contribution in [2.24, 2.45) is 0 Å². The fraction of sp³-hybridized carbons (Fsp3) is 0.538. The minimum absolute atomic E-state index is 0.191. The quantitative estimate of drug-likeness (QED) is 0.631. The van der Waals surface area contributed by atoms with E-state index in [-0.39, 0.29) is 17.2 Å². The molecule has 2 heterocycles. The maximum Gasteiger partial charge on any atom is 0.288 e. The molecular formula is C13H19N5O3. The van der Waals surface area contributed by atoms with Crippen molar-refractivity contribution in [2.45, 2.75) is 26.2 Å². The second-order valence-electron chi connectivity index (χ2n) is 4.87. The summed E-state index contributed by atoms with van der Waals surface area (Å²) in [6.07, 6.45) is 4.38. The summed E-state index contributed by atoms with van der Waals surface area (Å²) in [5.74, 6) is -0.0124. The van der Waals surface area contributed by atoms with Crippen molar-refractivity contribution >= 4 is 17.4 Å². The molecule has 1 saturated heterocycles. The van der Waals surface area contributed by atoms with Gasteiger partial charge in [0, 0.05) is 25.7 Å². The average molecular weight is 293 g/mol. The van der Waals surface area contributed by atoms with Crippen LogP contribution < -0.4 is 10.7 Å². The smallest absolute Gasteiger partial charge is 0.288 e. The molecule has 0 atom stereocenters. The van der Waals surface area contributed by atoms with Gasteiger partial charge in [0.2, 0.25) is 0 Å². The number of nitrogens with zero attached hydrogens (tertiary/aromatic N) is 3. The Hall–Kier alpha value is -2.22. The normalized spacial score (nSPS) is 15.5. The van der Waals surface area contributed by atoms with Gasteiger partial charge in [0.05, 0.1) is 10.5 Å². The summed E-state index contributed by atoms with van der Waals surface area (Å²) in [5, 5.41) is 15.6. The second kappa shape index (κ2) is 6.98. The highest BCUT2D eigenvalue weighted by molar-refractivity contribution is 5.99. The number of carbonyl (C=O) groups excluding carboxylic acids is 1. The molecule has 1 aliphatic heterocycles. The number of nitro groups is 1. The van der Waals surface area contributed by atoms with Gasteiger partial charge < -0.3 is 5.32 Å². The Kier molecular flexibility index (Phi) is 5.04. The van der Waals surface area contributed by atoms with Crippen molar-refractivity contribution in [3.63, 3.8) is 0 Å². The van der Waals surface area contributed by atoms with Gasteiger partial charge in [0.1, 0.15) is 12.0 Å². The summed E-state index contributed by atoms with van der Waals surface area (Å²) in [4.78, 5) is 26.6. The Morgan fingerprint density at radius 2 is 2.14 bits per heavy atom. The number of aromatic nitrogens is 1. The van der Waals surface area contributed by atoms with E-state index >= 15 is 0 Å². The Labute approximate surface area is 122 Å². The Morgan fingerprint density at radius 3 is 2.76 bits per heavy atom. The molecule has 114 valence electrons. The number of pyridine rings is 1. The average Bonchev–Trinajstić information content (AvgIpc) is 2.48. The highest BCUT2D eigenvalue weighted by atomic mass is 16.6. The van der Waals surface area contributed by atoms with Crippen LogP contribution in [0.15, 0.2) is 12.3 Å². The molecule has 8 heteroatoms. The van der Waals surface area contributed by atoms with Crippen LogP contribution >= 0.6 is 0 Å². The topological polar surface area (TPSA) is 100 Å². The van der Waals surface area contributed by atoms with E-state index in [0.29, 0.717) is 12.4 Å². The summed E-state index contributed by atoms with van der Waals surface area (Å²) in [6, 6.07) is 1.25. The molecule has 8 nitrogen and oxygen atoms in total. The van der Waals surface area contributed by atoms with Crippen molar-refractivity contribution in [3.8, 4) is 0 Å². The second-order valence-corrected chi connectivity index (χ2v) is 4.87. The number of hydrogen-bond acceptors (Lipinski definition) is 6. The zero-order chi connectivity index (χ0) is 15.2. The van der Waals surface area contributed by atoms with E-state index in [9.17, 15) is 14.9 Å². The summed E-state index contributed by atoms with van der Waals surface area (Å²) in [5.41, 5.74) is 2.79. The lowest BCUT2D eigenvalue weighted by Crippen LogP contribution is -2.45.